The highest BCUT2D eigenvalue weighted by molar-refractivity contribution is 7.98. The Kier molecular flexibility index (Phi) is 4.06. The van der Waals surface area contributed by atoms with Crippen LogP contribution in [-0.2, 0) is 5.75 Å². The fourth-order valence-corrected chi connectivity index (χ4v) is 2.82. The van der Waals surface area contributed by atoms with Gasteiger partial charge in [-0.3, -0.25) is 10.1 Å². The minimum Gasteiger partial charge on any atom is -0.398 e. The molecular weight excluding hydrogens is 260 g/mol. The molecule has 98 valence electrons. The van der Waals surface area contributed by atoms with E-state index < -0.39 is 0 Å². The molecule has 0 aliphatic carbocycles. The first-order valence-corrected chi connectivity index (χ1v) is 6.78. The Bertz CT molecular complexity index is 614. The summed E-state index contributed by atoms with van der Waals surface area (Å²) in [6.45, 7) is 1.78. The summed E-state index contributed by atoms with van der Waals surface area (Å²) >= 11 is 1.59. The average Bonchev–Trinajstić information content (AvgIpc) is 2.39. The molecule has 0 bridgehead atoms. The molecule has 0 radical (unpaired) electrons. The van der Waals surface area contributed by atoms with Crippen LogP contribution in [0.3, 0.4) is 0 Å². The van der Waals surface area contributed by atoms with Crippen LogP contribution in [0.1, 0.15) is 11.1 Å². The number of thioether (sulfide) groups is 1. The van der Waals surface area contributed by atoms with Gasteiger partial charge in [0, 0.05) is 28.0 Å². The van der Waals surface area contributed by atoms with Crippen molar-refractivity contribution in [3.63, 3.8) is 0 Å². The quantitative estimate of drug-likeness (QED) is 0.399. The van der Waals surface area contributed by atoms with Crippen molar-refractivity contribution in [2.24, 2.45) is 0 Å². The summed E-state index contributed by atoms with van der Waals surface area (Å²) in [5.41, 5.74) is 8.45. The summed E-state index contributed by atoms with van der Waals surface area (Å²) in [7, 11) is 0. The van der Waals surface area contributed by atoms with Crippen LogP contribution in [0, 0.1) is 17.0 Å². The first kappa shape index (κ1) is 13.4. The van der Waals surface area contributed by atoms with Crippen LogP contribution in [0.25, 0.3) is 0 Å². The lowest BCUT2D eigenvalue weighted by Gasteiger charge is -2.07. The normalized spacial score (nSPS) is 10.4. The number of hydrogen-bond acceptors (Lipinski definition) is 4. The number of anilines is 1. The fourth-order valence-electron chi connectivity index (χ4n) is 1.79. The third-order valence-electron chi connectivity index (χ3n) is 2.92. The lowest BCUT2D eigenvalue weighted by Crippen LogP contribution is -1.95. The maximum absolute atomic E-state index is 10.9. The van der Waals surface area contributed by atoms with E-state index in [0.29, 0.717) is 5.75 Å². The van der Waals surface area contributed by atoms with Crippen molar-refractivity contribution in [2.75, 3.05) is 5.73 Å². The van der Waals surface area contributed by atoms with Gasteiger partial charge in [0.25, 0.3) is 5.69 Å². The Labute approximate surface area is 115 Å². The molecule has 0 spiro atoms. The van der Waals surface area contributed by atoms with E-state index in [1.807, 2.05) is 30.3 Å². The van der Waals surface area contributed by atoms with Crippen LogP contribution < -0.4 is 5.73 Å². The number of nitro groups is 1. The second-order valence-electron chi connectivity index (χ2n) is 4.14. The monoisotopic (exact) mass is 274 g/mol. The molecular formula is C14H14N2O2S. The van der Waals surface area contributed by atoms with E-state index in [0.717, 1.165) is 21.7 Å². The maximum atomic E-state index is 10.9. The Morgan fingerprint density at radius 2 is 1.95 bits per heavy atom. The van der Waals surface area contributed by atoms with Gasteiger partial charge in [-0.05, 0) is 24.6 Å². The average molecular weight is 274 g/mol. The summed E-state index contributed by atoms with van der Waals surface area (Å²) in [5, 5.41) is 10.9. The Morgan fingerprint density at radius 3 is 2.63 bits per heavy atom. The maximum Gasteiger partial charge on any atom is 0.272 e. The van der Waals surface area contributed by atoms with Crippen LogP contribution in [0.15, 0.2) is 47.4 Å². The fraction of sp³-hybridized carbons (Fsp3) is 0.143. The van der Waals surface area contributed by atoms with Crippen LogP contribution in [0.5, 0.6) is 0 Å². The van der Waals surface area contributed by atoms with Crippen molar-refractivity contribution in [3.05, 3.63) is 63.7 Å². The number of para-hydroxylation sites is 1. The molecule has 2 aromatic rings. The van der Waals surface area contributed by atoms with Gasteiger partial charge >= 0.3 is 0 Å². The molecule has 2 N–H and O–H groups in total. The van der Waals surface area contributed by atoms with Gasteiger partial charge in [-0.15, -0.1) is 11.8 Å². The molecule has 0 amide bonds. The van der Waals surface area contributed by atoms with Gasteiger partial charge in [-0.2, -0.15) is 0 Å². The van der Waals surface area contributed by atoms with Gasteiger partial charge in [0.05, 0.1) is 4.92 Å². The highest BCUT2D eigenvalue weighted by Gasteiger charge is 2.13. The van der Waals surface area contributed by atoms with Gasteiger partial charge < -0.3 is 5.73 Å². The number of nitrogen functional groups attached to an aromatic ring is 1. The first-order valence-electron chi connectivity index (χ1n) is 5.80. The third kappa shape index (κ3) is 3.06. The van der Waals surface area contributed by atoms with Crippen LogP contribution in [-0.4, -0.2) is 4.92 Å². The number of benzene rings is 2. The summed E-state index contributed by atoms with van der Waals surface area (Å²) in [4.78, 5) is 11.5. The molecule has 0 saturated carbocycles. The number of nitrogens with two attached hydrogens (primary N) is 1. The predicted molar refractivity (Wildman–Crippen MR) is 78.2 cm³/mol. The van der Waals surface area contributed by atoms with Crippen LogP contribution in [0.4, 0.5) is 11.4 Å². The number of rotatable bonds is 4. The summed E-state index contributed by atoms with van der Waals surface area (Å²) in [6, 6.07) is 12.8. The standard InChI is InChI=1S/C14H14N2O2S/c1-10-11(5-4-7-13(10)16(17)18)9-19-14-8-3-2-6-12(14)15/h2-8H,9,15H2,1H3. The molecule has 0 saturated heterocycles. The third-order valence-corrected chi connectivity index (χ3v) is 4.05. The lowest BCUT2D eigenvalue weighted by molar-refractivity contribution is -0.385. The van der Waals surface area contributed by atoms with Crippen molar-refractivity contribution >= 4 is 23.1 Å². The topological polar surface area (TPSA) is 69.2 Å². The molecule has 0 aromatic heterocycles. The Hall–Kier alpha value is -2.01. The molecule has 2 aromatic carbocycles. The molecule has 0 atom stereocenters. The number of hydrogen-bond donors (Lipinski definition) is 1. The van der Waals surface area contributed by atoms with E-state index in [-0.39, 0.29) is 10.6 Å². The van der Waals surface area contributed by atoms with E-state index in [1.54, 1.807) is 24.8 Å². The van der Waals surface area contributed by atoms with Gasteiger partial charge in [0.1, 0.15) is 0 Å². The molecule has 0 aliphatic rings. The highest BCUT2D eigenvalue weighted by atomic mass is 32.2. The van der Waals surface area contributed by atoms with E-state index in [1.165, 1.54) is 6.07 Å². The van der Waals surface area contributed by atoms with Gasteiger partial charge in [-0.1, -0.05) is 24.3 Å². The second-order valence-corrected chi connectivity index (χ2v) is 5.16. The zero-order valence-electron chi connectivity index (χ0n) is 10.5. The van der Waals surface area contributed by atoms with E-state index in [4.69, 9.17) is 5.73 Å². The summed E-state index contributed by atoms with van der Waals surface area (Å²) in [6.07, 6.45) is 0. The molecule has 0 heterocycles. The zero-order valence-corrected chi connectivity index (χ0v) is 11.3. The van der Waals surface area contributed by atoms with E-state index >= 15 is 0 Å². The molecule has 2 rings (SSSR count). The predicted octanol–water partition coefficient (Wildman–Crippen LogP) is 3.78. The summed E-state index contributed by atoms with van der Waals surface area (Å²) in [5.74, 6) is 0.668. The minimum absolute atomic E-state index is 0.166. The SMILES string of the molecule is Cc1c(CSc2ccccc2N)cccc1[N+](=O)[O-]. The smallest absolute Gasteiger partial charge is 0.272 e. The molecule has 0 aliphatic heterocycles. The minimum atomic E-state index is -0.347. The van der Waals surface area contributed by atoms with Gasteiger partial charge in [0.2, 0.25) is 0 Å². The molecule has 19 heavy (non-hydrogen) atoms. The van der Waals surface area contributed by atoms with Crippen molar-refractivity contribution in [2.45, 2.75) is 17.6 Å². The molecule has 0 fully saturated rings. The van der Waals surface area contributed by atoms with Crippen molar-refractivity contribution in [3.8, 4) is 0 Å². The van der Waals surface area contributed by atoms with Crippen molar-refractivity contribution in [1.82, 2.24) is 0 Å². The van der Waals surface area contributed by atoms with E-state index in [2.05, 4.69) is 0 Å². The van der Waals surface area contributed by atoms with Crippen LogP contribution in [0.2, 0.25) is 0 Å². The Balaban J connectivity index is 2.19. The highest BCUT2D eigenvalue weighted by Crippen LogP contribution is 2.30. The Morgan fingerprint density at radius 1 is 1.21 bits per heavy atom. The largest absolute Gasteiger partial charge is 0.398 e. The van der Waals surface area contributed by atoms with E-state index in [9.17, 15) is 10.1 Å². The molecule has 0 unspecified atom stereocenters. The van der Waals surface area contributed by atoms with Crippen molar-refractivity contribution in [1.29, 1.82) is 0 Å². The number of nitro benzene ring substituents is 1. The second kappa shape index (κ2) is 5.75. The zero-order chi connectivity index (χ0) is 13.8. The van der Waals surface area contributed by atoms with Crippen LogP contribution >= 0.6 is 11.8 Å². The summed E-state index contributed by atoms with van der Waals surface area (Å²) < 4.78 is 0. The first-order chi connectivity index (χ1) is 9.09. The molecule has 5 heteroatoms. The van der Waals surface area contributed by atoms with Crippen molar-refractivity contribution < 1.29 is 4.92 Å². The molecule has 4 nitrogen and oxygen atoms in total. The number of nitrogens with zero attached hydrogens (tertiary/aromatic N) is 1. The van der Waals surface area contributed by atoms with Gasteiger partial charge in [-0.25, -0.2) is 0 Å². The lowest BCUT2D eigenvalue weighted by atomic mass is 10.1. The van der Waals surface area contributed by atoms with Gasteiger partial charge in [0.15, 0.2) is 0 Å².